The Morgan fingerprint density at radius 1 is 1.29 bits per heavy atom. The molecule has 92 valence electrons. The molecule has 0 aliphatic rings. The number of hydrogen-bond acceptors (Lipinski definition) is 1. The quantitative estimate of drug-likeness (QED) is 0.549. The highest BCUT2D eigenvalue weighted by Gasteiger charge is 2.07. The van der Waals surface area contributed by atoms with Gasteiger partial charge in [-0.05, 0) is 30.5 Å². The van der Waals surface area contributed by atoms with Crippen molar-refractivity contribution in [2.24, 2.45) is 27.2 Å². The van der Waals surface area contributed by atoms with Gasteiger partial charge >= 0.3 is 0 Å². The van der Waals surface area contributed by atoms with Gasteiger partial charge in [0.1, 0.15) is 0 Å². The Morgan fingerprint density at radius 3 is 2.47 bits per heavy atom. The molecule has 6 N–H and O–H groups in total. The maximum Gasteiger partial charge on any atom is 0.223 e. The summed E-state index contributed by atoms with van der Waals surface area (Å²) >= 11 is 6.12. The highest BCUT2D eigenvalue weighted by Crippen LogP contribution is 2.31. The van der Waals surface area contributed by atoms with Crippen molar-refractivity contribution in [3.63, 3.8) is 0 Å². The Morgan fingerprint density at radius 2 is 1.94 bits per heavy atom. The molecule has 17 heavy (non-hydrogen) atoms. The van der Waals surface area contributed by atoms with E-state index in [4.69, 9.17) is 28.8 Å². The van der Waals surface area contributed by atoms with Crippen LogP contribution < -0.4 is 17.2 Å². The molecule has 0 amide bonds. The average molecular weight is 254 g/mol. The Balaban J connectivity index is 3.27. The molecule has 0 atom stereocenters. The summed E-state index contributed by atoms with van der Waals surface area (Å²) < 4.78 is 0. The summed E-state index contributed by atoms with van der Waals surface area (Å²) in [6.07, 6.45) is 0.801. The molecule has 5 nitrogen and oxygen atoms in total. The summed E-state index contributed by atoms with van der Waals surface area (Å²) in [5.41, 5.74) is 18.7. The van der Waals surface area contributed by atoms with Crippen LogP contribution in [0.2, 0.25) is 5.02 Å². The predicted octanol–water partition coefficient (Wildman–Crippen LogP) is 1.43. The molecule has 0 fully saturated rings. The lowest BCUT2D eigenvalue weighted by atomic mass is 10.1. The first kappa shape index (κ1) is 13.3. The molecule has 0 aromatic heterocycles. The Bertz CT molecular complexity index is 475. The molecule has 6 heteroatoms. The molecule has 0 bridgehead atoms. The molecule has 0 heterocycles. The van der Waals surface area contributed by atoms with E-state index in [9.17, 15) is 0 Å². The van der Waals surface area contributed by atoms with Crippen LogP contribution in [0.4, 0.5) is 5.69 Å². The summed E-state index contributed by atoms with van der Waals surface area (Å²) in [7, 11) is 0. The Kier molecular flexibility index (Phi) is 4.34. The van der Waals surface area contributed by atoms with Crippen LogP contribution >= 0.6 is 11.6 Å². The van der Waals surface area contributed by atoms with Crippen LogP contribution in [0.1, 0.15) is 18.1 Å². The van der Waals surface area contributed by atoms with Crippen molar-refractivity contribution in [3.8, 4) is 0 Å². The minimum absolute atomic E-state index is 0.00884. The molecule has 0 unspecified atom stereocenters. The van der Waals surface area contributed by atoms with E-state index in [0.717, 1.165) is 17.5 Å². The van der Waals surface area contributed by atoms with Gasteiger partial charge in [-0.1, -0.05) is 24.6 Å². The smallest absolute Gasteiger partial charge is 0.223 e. The Labute approximate surface area is 105 Å². The number of benzene rings is 1. The standard InChI is InChI=1S/C11H16ClN5/c1-3-7-4-6(2)5-8(12)9(7)16-11(15)17-10(13)14/h4-5H,3H2,1-2H3,(H6,13,14,15,16,17). The lowest BCUT2D eigenvalue weighted by molar-refractivity contribution is 1.12. The molecule has 0 saturated heterocycles. The molecule has 0 radical (unpaired) electrons. The maximum atomic E-state index is 6.12. The van der Waals surface area contributed by atoms with Gasteiger partial charge in [0.05, 0.1) is 10.7 Å². The molecular weight excluding hydrogens is 238 g/mol. The van der Waals surface area contributed by atoms with E-state index in [-0.39, 0.29) is 11.9 Å². The van der Waals surface area contributed by atoms with Crippen LogP contribution in [0.5, 0.6) is 0 Å². The molecule has 0 spiro atoms. The molecule has 0 aliphatic carbocycles. The summed E-state index contributed by atoms with van der Waals surface area (Å²) in [5.74, 6) is -0.141. The van der Waals surface area contributed by atoms with Crippen LogP contribution in [-0.2, 0) is 6.42 Å². The first-order valence-electron chi connectivity index (χ1n) is 5.16. The van der Waals surface area contributed by atoms with E-state index >= 15 is 0 Å². The van der Waals surface area contributed by atoms with Gasteiger partial charge in [-0.3, -0.25) is 0 Å². The summed E-state index contributed by atoms with van der Waals surface area (Å²) in [6.45, 7) is 3.98. The normalized spacial score (nSPS) is 11.4. The zero-order valence-electron chi connectivity index (χ0n) is 9.87. The summed E-state index contributed by atoms with van der Waals surface area (Å²) in [4.78, 5) is 7.78. The fourth-order valence-electron chi connectivity index (χ4n) is 1.47. The van der Waals surface area contributed by atoms with Crippen molar-refractivity contribution in [2.75, 3.05) is 0 Å². The van der Waals surface area contributed by atoms with E-state index in [1.54, 1.807) is 0 Å². The zero-order chi connectivity index (χ0) is 13.0. The number of nitrogens with two attached hydrogens (primary N) is 3. The second-order valence-electron chi connectivity index (χ2n) is 3.61. The lowest BCUT2D eigenvalue weighted by Crippen LogP contribution is -2.26. The minimum Gasteiger partial charge on any atom is -0.370 e. The Hall–Kier alpha value is -1.75. The van der Waals surface area contributed by atoms with Crippen LogP contribution in [-0.4, -0.2) is 11.9 Å². The number of hydrogen-bond donors (Lipinski definition) is 3. The predicted molar refractivity (Wildman–Crippen MR) is 72.7 cm³/mol. The van der Waals surface area contributed by atoms with Crippen molar-refractivity contribution in [2.45, 2.75) is 20.3 Å². The van der Waals surface area contributed by atoms with E-state index in [1.165, 1.54) is 0 Å². The molecule has 0 saturated carbocycles. The van der Waals surface area contributed by atoms with Crippen molar-refractivity contribution >= 4 is 29.2 Å². The van der Waals surface area contributed by atoms with Crippen LogP contribution in [0.3, 0.4) is 0 Å². The van der Waals surface area contributed by atoms with Crippen molar-refractivity contribution < 1.29 is 0 Å². The topological polar surface area (TPSA) is 103 Å². The molecule has 1 aromatic rings. The van der Waals surface area contributed by atoms with Gasteiger partial charge in [-0.25, -0.2) is 4.99 Å². The van der Waals surface area contributed by atoms with Crippen LogP contribution in [0.15, 0.2) is 22.1 Å². The average Bonchev–Trinajstić information content (AvgIpc) is 2.20. The zero-order valence-corrected chi connectivity index (χ0v) is 10.6. The van der Waals surface area contributed by atoms with E-state index in [2.05, 4.69) is 9.98 Å². The third kappa shape index (κ3) is 3.64. The largest absolute Gasteiger partial charge is 0.370 e. The second-order valence-corrected chi connectivity index (χ2v) is 4.02. The summed E-state index contributed by atoms with van der Waals surface area (Å²) in [5, 5.41) is 0.538. The fourth-order valence-corrected chi connectivity index (χ4v) is 1.81. The van der Waals surface area contributed by atoms with E-state index < -0.39 is 0 Å². The first-order chi connectivity index (χ1) is 7.93. The van der Waals surface area contributed by atoms with Crippen molar-refractivity contribution in [1.82, 2.24) is 0 Å². The third-order valence-corrected chi connectivity index (χ3v) is 2.43. The molecule has 0 aliphatic heterocycles. The van der Waals surface area contributed by atoms with Crippen LogP contribution in [0.25, 0.3) is 0 Å². The lowest BCUT2D eigenvalue weighted by Gasteiger charge is -2.07. The SMILES string of the molecule is CCc1cc(C)cc(Cl)c1N=C(N)N=C(N)N. The summed E-state index contributed by atoms with van der Waals surface area (Å²) in [6, 6.07) is 3.83. The van der Waals surface area contributed by atoms with Gasteiger partial charge in [0.25, 0.3) is 0 Å². The van der Waals surface area contributed by atoms with Gasteiger partial charge in [0.2, 0.25) is 5.96 Å². The van der Waals surface area contributed by atoms with Crippen molar-refractivity contribution in [3.05, 3.63) is 28.3 Å². The van der Waals surface area contributed by atoms with Crippen molar-refractivity contribution in [1.29, 1.82) is 0 Å². The highest BCUT2D eigenvalue weighted by atomic mass is 35.5. The number of halogens is 1. The van der Waals surface area contributed by atoms with Gasteiger partial charge in [0, 0.05) is 0 Å². The fraction of sp³-hybridized carbons (Fsp3) is 0.273. The van der Waals surface area contributed by atoms with Crippen LogP contribution in [0, 0.1) is 6.92 Å². The van der Waals surface area contributed by atoms with Gasteiger partial charge < -0.3 is 17.2 Å². The second kappa shape index (κ2) is 5.54. The number of guanidine groups is 2. The van der Waals surface area contributed by atoms with Gasteiger partial charge in [-0.15, -0.1) is 0 Å². The third-order valence-electron chi connectivity index (χ3n) is 2.14. The molecular formula is C11H16ClN5. The van der Waals surface area contributed by atoms with Gasteiger partial charge in [-0.2, -0.15) is 4.99 Å². The first-order valence-corrected chi connectivity index (χ1v) is 5.54. The van der Waals surface area contributed by atoms with Gasteiger partial charge in [0.15, 0.2) is 5.96 Å². The molecule has 1 aromatic carbocycles. The number of nitrogens with zero attached hydrogens (tertiary/aromatic N) is 2. The number of aryl methyl sites for hydroxylation is 2. The maximum absolute atomic E-state index is 6.12. The van der Waals surface area contributed by atoms with E-state index in [1.807, 2.05) is 26.0 Å². The number of aliphatic imine (C=N–C) groups is 2. The monoisotopic (exact) mass is 253 g/mol. The highest BCUT2D eigenvalue weighted by molar-refractivity contribution is 6.33. The van der Waals surface area contributed by atoms with E-state index in [0.29, 0.717) is 10.7 Å². The number of rotatable bonds is 2. The molecule has 1 rings (SSSR count). The minimum atomic E-state index is -0.132.